The maximum Gasteiger partial charge on any atom is 0.311 e. The second kappa shape index (κ2) is 14.9. The number of hydrogen-bond acceptors (Lipinski definition) is 9. The number of benzene rings is 1. The van der Waals surface area contributed by atoms with E-state index in [4.69, 9.17) is 21.7 Å². The van der Waals surface area contributed by atoms with Crippen molar-refractivity contribution >= 4 is 45.1 Å². The third-order valence-electron chi connectivity index (χ3n) is 7.92. The van der Waals surface area contributed by atoms with E-state index in [0.29, 0.717) is 57.6 Å². The summed E-state index contributed by atoms with van der Waals surface area (Å²) in [5.41, 5.74) is 2.26. The van der Waals surface area contributed by atoms with Crippen LogP contribution in [0.2, 0.25) is 5.02 Å². The molecule has 1 aromatic rings. The number of rotatable bonds is 12. The van der Waals surface area contributed by atoms with Gasteiger partial charge in [0, 0.05) is 31.2 Å². The van der Waals surface area contributed by atoms with Crippen LogP contribution in [-0.4, -0.2) is 75.0 Å². The third-order valence-corrected chi connectivity index (χ3v) is 9.63. The van der Waals surface area contributed by atoms with Crippen LogP contribution in [0.5, 0.6) is 0 Å². The Labute approximate surface area is 270 Å². The zero-order valence-electron chi connectivity index (χ0n) is 26.6. The number of hydrazine groups is 1. The molecule has 0 spiro atoms. The van der Waals surface area contributed by atoms with Crippen molar-refractivity contribution in [1.82, 2.24) is 20.4 Å². The Bertz CT molecular complexity index is 1370. The normalized spacial score (nSPS) is 17.4. The van der Waals surface area contributed by atoms with Crippen molar-refractivity contribution in [2.24, 2.45) is 16.7 Å². The molecule has 1 atom stereocenters. The molecule has 45 heavy (non-hydrogen) atoms. The van der Waals surface area contributed by atoms with Gasteiger partial charge in [0.15, 0.2) is 5.03 Å². The highest BCUT2D eigenvalue weighted by Crippen LogP contribution is 2.38. The lowest BCUT2D eigenvalue weighted by Gasteiger charge is -2.35. The molecule has 5 N–H and O–H groups in total. The average Bonchev–Trinajstić information content (AvgIpc) is 2.92. The molecular weight excluding hydrogens is 626 g/mol. The van der Waals surface area contributed by atoms with Crippen LogP contribution in [-0.2, 0) is 30.8 Å². The van der Waals surface area contributed by atoms with Crippen molar-refractivity contribution in [3.63, 3.8) is 0 Å². The fourth-order valence-electron chi connectivity index (χ4n) is 5.42. The van der Waals surface area contributed by atoms with Crippen LogP contribution in [0.1, 0.15) is 72.3 Å². The molecule has 1 aromatic carbocycles. The Morgan fingerprint density at radius 2 is 1.93 bits per heavy atom. The number of nitrogens with one attached hydrogen (secondary N) is 5. The number of carbonyl (C=O) groups is 2. The Kier molecular flexibility index (Phi) is 12.1. The smallest absolute Gasteiger partial charge is 0.311 e. The molecule has 0 aromatic heterocycles. The average molecular weight is 672 g/mol. The number of piperidine rings is 1. The summed E-state index contributed by atoms with van der Waals surface area (Å²) in [6.07, 6.45) is 3.01. The first-order chi connectivity index (χ1) is 20.9. The number of ether oxygens (including phenoxy) is 1. The maximum absolute atomic E-state index is 13.8. The van der Waals surface area contributed by atoms with E-state index in [2.05, 4.69) is 29.2 Å². The highest BCUT2D eigenvalue weighted by Gasteiger charge is 2.35. The maximum atomic E-state index is 13.8. The molecule has 1 amide bonds. The molecule has 0 saturated carbocycles. The standard InChI is InChI=1S/C29H46ClN7O7S/c1-28(2,3)26(39)44-14-10-19-8-12-36(13-9-19)25(38)22(7-6-11-32-27(31)34-37(40)41)35-45(42,43)23-16-21(30)15-20-17-29(4,5)18-33-24(20)23/h15-16,19,22,33,35H,6-14,17-18H2,1-5H3,(H3,31,32,34)/t22-/m0/s1. The van der Waals surface area contributed by atoms with E-state index < -0.39 is 32.5 Å². The van der Waals surface area contributed by atoms with Crippen LogP contribution in [0.15, 0.2) is 17.0 Å². The summed E-state index contributed by atoms with van der Waals surface area (Å²) in [5, 5.41) is 23.3. The van der Waals surface area contributed by atoms with Crippen molar-refractivity contribution in [2.45, 2.75) is 84.1 Å². The van der Waals surface area contributed by atoms with Crippen LogP contribution >= 0.6 is 11.6 Å². The molecule has 0 radical (unpaired) electrons. The van der Waals surface area contributed by atoms with Crippen LogP contribution in [0.3, 0.4) is 0 Å². The van der Waals surface area contributed by atoms with Gasteiger partial charge in [-0.25, -0.2) is 18.5 Å². The summed E-state index contributed by atoms with van der Waals surface area (Å²) in [5.74, 6) is -0.892. The Balaban J connectivity index is 1.71. The van der Waals surface area contributed by atoms with Gasteiger partial charge < -0.3 is 20.3 Å². The molecule has 0 unspecified atom stereocenters. The number of nitrogens with zero attached hydrogens (tertiary/aromatic N) is 2. The molecule has 0 bridgehead atoms. The second-order valence-electron chi connectivity index (χ2n) is 13.6. The number of likely N-dealkylation sites (tertiary alicyclic amines) is 1. The number of esters is 1. The molecule has 1 saturated heterocycles. The van der Waals surface area contributed by atoms with E-state index in [1.807, 2.05) is 0 Å². The minimum atomic E-state index is -4.21. The molecule has 3 rings (SSSR count). The quantitative estimate of drug-likeness (QED) is 0.0549. The molecule has 2 heterocycles. The summed E-state index contributed by atoms with van der Waals surface area (Å²) in [4.78, 5) is 38.0. The van der Waals surface area contributed by atoms with Gasteiger partial charge in [0.25, 0.3) is 5.96 Å². The summed E-state index contributed by atoms with van der Waals surface area (Å²) in [6, 6.07) is 2.01. The van der Waals surface area contributed by atoms with Gasteiger partial charge in [-0.15, -0.1) is 0 Å². The first kappa shape index (κ1) is 36.3. The van der Waals surface area contributed by atoms with Crippen LogP contribution in [0.25, 0.3) is 0 Å². The number of nitro groups is 1. The van der Waals surface area contributed by atoms with Crippen LogP contribution < -0.4 is 20.8 Å². The molecule has 14 nitrogen and oxygen atoms in total. The predicted molar refractivity (Wildman–Crippen MR) is 171 cm³/mol. The van der Waals surface area contributed by atoms with Crippen molar-refractivity contribution in [3.8, 4) is 0 Å². The SMILES string of the molecule is CC1(C)CNc2c(cc(Cl)cc2S(=O)(=O)N[C@@H](CCCNC(=N)N[N+](=O)[O-])C(=O)N2CCC(CCOC(=O)C(C)(C)C)CC2)C1. The Hall–Kier alpha value is -3.17. The van der Waals surface area contributed by atoms with Gasteiger partial charge in [-0.3, -0.25) is 15.0 Å². The number of sulfonamides is 1. The summed E-state index contributed by atoms with van der Waals surface area (Å²) < 4.78 is 35.6. The lowest BCUT2D eigenvalue weighted by Crippen LogP contribution is -2.51. The minimum absolute atomic E-state index is 0.0307. The highest BCUT2D eigenvalue weighted by atomic mass is 35.5. The molecule has 16 heteroatoms. The van der Waals surface area contributed by atoms with E-state index in [1.54, 1.807) is 37.2 Å². The van der Waals surface area contributed by atoms with Crippen molar-refractivity contribution in [2.75, 3.05) is 38.1 Å². The lowest BCUT2D eigenvalue weighted by atomic mass is 9.82. The summed E-state index contributed by atoms with van der Waals surface area (Å²) in [7, 11) is -4.21. The van der Waals surface area contributed by atoms with E-state index in [9.17, 15) is 28.1 Å². The van der Waals surface area contributed by atoms with Gasteiger partial charge in [-0.1, -0.05) is 30.9 Å². The zero-order valence-corrected chi connectivity index (χ0v) is 28.2. The van der Waals surface area contributed by atoms with Gasteiger partial charge in [-0.2, -0.15) is 4.72 Å². The third kappa shape index (κ3) is 10.7. The molecular formula is C29H46ClN7O7S. The van der Waals surface area contributed by atoms with Crippen LogP contribution in [0.4, 0.5) is 5.69 Å². The lowest BCUT2D eigenvalue weighted by molar-refractivity contribution is -0.525. The van der Waals surface area contributed by atoms with Gasteiger partial charge in [-0.05, 0) is 88.3 Å². The predicted octanol–water partition coefficient (Wildman–Crippen LogP) is 3.28. The largest absolute Gasteiger partial charge is 0.465 e. The number of halogens is 1. The van der Waals surface area contributed by atoms with E-state index in [-0.39, 0.29) is 52.5 Å². The monoisotopic (exact) mass is 671 g/mol. The van der Waals surface area contributed by atoms with Gasteiger partial charge in [0.1, 0.15) is 10.9 Å². The fraction of sp³-hybridized carbons (Fsp3) is 0.690. The first-order valence-corrected chi connectivity index (χ1v) is 17.0. The van der Waals surface area contributed by atoms with Crippen molar-refractivity contribution < 1.29 is 27.8 Å². The van der Waals surface area contributed by atoms with Crippen molar-refractivity contribution in [1.29, 1.82) is 5.41 Å². The zero-order chi connectivity index (χ0) is 33.6. The van der Waals surface area contributed by atoms with Crippen LogP contribution in [0, 0.1) is 32.3 Å². The van der Waals surface area contributed by atoms with E-state index in [0.717, 1.165) is 5.56 Å². The number of amides is 1. The van der Waals surface area contributed by atoms with Gasteiger partial charge >= 0.3 is 5.97 Å². The molecule has 1 fully saturated rings. The number of hydrogen-bond donors (Lipinski definition) is 5. The second-order valence-corrected chi connectivity index (χ2v) is 15.7. The number of anilines is 1. The van der Waals surface area contributed by atoms with Gasteiger partial charge in [0.05, 0.1) is 17.7 Å². The first-order valence-electron chi connectivity index (χ1n) is 15.2. The highest BCUT2D eigenvalue weighted by molar-refractivity contribution is 7.89. The molecule has 252 valence electrons. The number of fused-ring (bicyclic) bond motifs is 1. The van der Waals surface area contributed by atoms with Gasteiger partial charge in [0.2, 0.25) is 15.9 Å². The molecule has 2 aliphatic heterocycles. The number of carbonyl (C=O) groups excluding carboxylic acids is 2. The molecule has 2 aliphatic rings. The van der Waals surface area contributed by atoms with Crippen molar-refractivity contribution in [3.05, 3.63) is 32.8 Å². The van der Waals surface area contributed by atoms with E-state index in [1.165, 1.54) is 6.07 Å². The summed E-state index contributed by atoms with van der Waals surface area (Å²) in [6.45, 7) is 11.4. The minimum Gasteiger partial charge on any atom is -0.465 e. The summed E-state index contributed by atoms with van der Waals surface area (Å²) >= 11 is 6.35. The Morgan fingerprint density at radius 3 is 2.56 bits per heavy atom. The Morgan fingerprint density at radius 1 is 1.27 bits per heavy atom. The fourth-order valence-corrected chi connectivity index (χ4v) is 7.20. The van der Waals surface area contributed by atoms with E-state index >= 15 is 0 Å². The molecule has 0 aliphatic carbocycles. The topological polar surface area (TPSA) is 196 Å². The number of guanidine groups is 1.